The van der Waals surface area contributed by atoms with Crippen LogP contribution in [0, 0.1) is 0 Å². The number of benzene rings is 2. The first-order valence-electron chi connectivity index (χ1n) is 11.4. The molecule has 0 bridgehead atoms. The summed E-state index contributed by atoms with van der Waals surface area (Å²) in [6.45, 7) is 0.0618. The Balaban J connectivity index is 1.36. The molecule has 0 unspecified atom stereocenters. The number of alkyl halides is 2. The quantitative estimate of drug-likeness (QED) is 0.435. The predicted molar refractivity (Wildman–Crippen MR) is 123 cm³/mol. The fourth-order valence-corrected chi connectivity index (χ4v) is 4.89. The number of morpholine rings is 1. The van der Waals surface area contributed by atoms with Crippen LogP contribution in [-0.2, 0) is 11.2 Å². The van der Waals surface area contributed by atoms with Gasteiger partial charge in [0.05, 0.1) is 30.3 Å². The van der Waals surface area contributed by atoms with Crippen molar-refractivity contribution in [1.82, 2.24) is 19.5 Å². The first-order chi connectivity index (χ1) is 16.7. The third-order valence-electron chi connectivity index (χ3n) is 6.48. The van der Waals surface area contributed by atoms with E-state index in [-0.39, 0.29) is 11.8 Å². The van der Waals surface area contributed by atoms with Crippen LogP contribution in [-0.4, -0.2) is 52.4 Å². The van der Waals surface area contributed by atoms with E-state index in [0.717, 1.165) is 59.5 Å². The lowest BCUT2D eigenvalue weighted by molar-refractivity contribution is -0.0506. The largest absolute Gasteiger partial charge is 0.434 e. The first kappa shape index (κ1) is 21.0. The maximum absolute atomic E-state index is 13.0. The number of halogens is 2. The Hall–Kier alpha value is -3.59. The van der Waals surface area contributed by atoms with E-state index in [1.807, 2.05) is 36.7 Å². The van der Waals surface area contributed by atoms with Crippen LogP contribution in [0.4, 0.5) is 14.7 Å². The van der Waals surface area contributed by atoms with Crippen molar-refractivity contribution in [2.24, 2.45) is 0 Å². The Morgan fingerprint density at radius 3 is 2.59 bits per heavy atom. The minimum absolute atomic E-state index is 0.120. The second kappa shape index (κ2) is 8.64. The summed E-state index contributed by atoms with van der Waals surface area (Å²) in [5, 5.41) is 0. The monoisotopic (exact) mass is 463 g/mol. The fourth-order valence-electron chi connectivity index (χ4n) is 4.89. The lowest BCUT2D eigenvalue weighted by Gasteiger charge is -2.26. The molecule has 2 aromatic carbocycles. The summed E-state index contributed by atoms with van der Waals surface area (Å²) in [7, 11) is 0. The van der Waals surface area contributed by atoms with Crippen LogP contribution in [0.1, 0.15) is 23.9 Å². The van der Waals surface area contributed by atoms with Gasteiger partial charge < -0.3 is 18.9 Å². The second-order valence-corrected chi connectivity index (χ2v) is 8.44. The molecular weight excluding hydrogens is 440 g/mol. The van der Waals surface area contributed by atoms with Crippen LogP contribution in [0.3, 0.4) is 0 Å². The van der Waals surface area contributed by atoms with E-state index in [2.05, 4.69) is 25.5 Å². The molecule has 0 N–H and O–H groups in total. The third kappa shape index (κ3) is 3.75. The summed E-state index contributed by atoms with van der Waals surface area (Å²) in [5.74, 6) is 1.86. The highest BCUT2D eigenvalue weighted by atomic mass is 19.3. The van der Waals surface area contributed by atoms with Gasteiger partial charge in [-0.05, 0) is 30.2 Å². The van der Waals surface area contributed by atoms with Crippen LogP contribution in [0.15, 0.2) is 54.9 Å². The van der Waals surface area contributed by atoms with E-state index in [4.69, 9.17) is 14.5 Å². The third-order valence-corrected chi connectivity index (χ3v) is 6.48. The summed E-state index contributed by atoms with van der Waals surface area (Å²) < 4.78 is 38.4. The lowest BCUT2D eigenvalue weighted by Crippen LogP contribution is -2.37. The minimum atomic E-state index is -2.87. The van der Waals surface area contributed by atoms with Gasteiger partial charge in [0.2, 0.25) is 5.95 Å². The molecule has 6 rings (SSSR count). The molecule has 1 saturated heterocycles. The second-order valence-electron chi connectivity index (χ2n) is 8.44. The number of para-hydroxylation sites is 1. The molecule has 0 aliphatic carbocycles. The summed E-state index contributed by atoms with van der Waals surface area (Å²) in [6, 6.07) is 13.0. The Morgan fingerprint density at radius 2 is 1.79 bits per heavy atom. The number of imidazole rings is 1. The van der Waals surface area contributed by atoms with Crippen molar-refractivity contribution >= 4 is 17.0 Å². The summed E-state index contributed by atoms with van der Waals surface area (Å²) in [4.78, 5) is 16.0. The summed E-state index contributed by atoms with van der Waals surface area (Å²) in [5.41, 5.74) is 4.46. The number of hydrogen-bond acceptors (Lipinski definition) is 6. The topological polar surface area (TPSA) is 65.3 Å². The molecule has 1 atom stereocenters. The van der Waals surface area contributed by atoms with Gasteiger partial charge in [0.1, 0.15) is 11.6 Å². The molecule has 0 radical (unpaired) electrons. The Kier molecular flexibility index (Phi) is 5.33. The van der Waals surface area contributed by atoms with Gasteiger partial charge in [-0.2, -0.15) is 8.78 Å². The molecule has 2 aliphatic heterocycles. The molecule has 2 aliphatic rings. The normalized spacial score (nSPS) is 18.0. The van der Waals surface area contributed by atoms with E-state index >= 15 is 0 Å². The number of aromatic nitrogens is 4. The molecule has 1 fully saturated rings. The SMILES string of the molecule is FC(F)Oc1ccccc1[C@H]1CCc2nc3ccc(-c4cnc(N5CCOCC5)nc4)cc3n21. The van der Waals surface area contributed by atoms with Gasteiger partial charge in [-0.15, -0.1) is 0 Å². The van der Waals surface area contributed by atoms with Crippen LogP contribution in [0.2, 0.25) is 0 Å². The van der Waals surface area contributed by atoms with Crippen molar-refractivity contribution in [3.63, 3.8) is 0 Å². The van der Waals surface area contributed by atoms with Crippen LogP contribution in [0.5, 0.6) is 5.75 Å². The van der Waals surface area contributed by atoms with Crippen molar-refractivity contribution in [2.45, 2.75) is 25.5 Å². The van der Waals surface area contributed by atoms with Gasteiger partial charge in [0.15, 0.2) is 0 Å². The van der Waals surface area contributed by atoms with Crippen molar-refractivity contribution in [1.29, 1.82) is 0 Å². The van der Waals surface area contributed by atoms with Crippen LogP contribution in [0.25, 0.3) is 22.2 Å². The zero-order valence-electron chi connectivity index (χ0n) is 18.4. The Labute approximate surface area is 195 Å². The maximum atomic E-state index is 13.0. The average molecular weight is 463 g/mol. The Morgan fingerprint density at radius 1 is 1.00 bits per heavy atom. The highest BCUT2D eigenvalue weighted by Crippen LogP contribution is 2.40. The molecule has 2 aromatic heterocycles. The molecule has 34 heavy (non-hydrogen) atoms. The van der Waals surface area contributed by atoms with E-state index in [9.17, 15) is 8.78 Å². The van der Waals surface area contributed by atoms with E-state index in [1.165, 1.54) is 0 Å². The van der Waals surface area contributed by atoms with Crippen LogP contribution < -0.4 is 9.64 Å². The highest BCUT2D eigenvalue weighted by Gasteiger charge is 2.29. The molecule has 0 spiro atoms. The van der Waals surface area contributed by atoms with Crippen LogP contribution >= 0.6 is 0 Å². The zero-order valence-corrected chi connectivity index (χ0v) is 18.4. The molecule has 7 nitrogen and oxygen atoms in total. The number of rotatable bonds is 5. The van der Waals surface area contributed by atoms with Gasteiger partial charge in [0, 0.05) is 43.0 Å². The molecule has 174 valence electrons. The van der Waals surface area contributed by atoms with Crippen molar-refractivity contribution in [3.05, 3.63) is 66.2 Å². The average Bonchev–Trinajstić information content (AvgIpc) is 3.44. The van der Waals surface area contributed by atoms with Crippen molar-refractivity contribution < 1.29 is 18.3 Å². The number of nitrogens with zero attached hydrogens (tertiary/aromatic N) is 5. The molecule has 0 amide bonds. The highest BCUT2D eigenvalue weighted by molar-refractivity contribution is 5.83. The number of aryl methyl sites for hydroxylation is 1. The zero-order chi connectivity index (χ0) is 23.1. The number of fused-ring (bicyclic) bond motifs is 3. The predicted octanol–water partition coefficient (Wildman–Crippen LogP) is 4.47. The standard InChI is InChI=1S/C25H23F2N5O2/c26-24(27)34-22-4-2-1-3-18(22)20-7-8-23-30-19-6-5-16(13-21(19)32(20)23)17-14-28-25(29-15-17)31-9-11-33-12-10-31/h1-6,13-15,20,24H,7-12H2/t20-/m1/s1. The molecule has 4 heterocycles. The number of hydrogen-bond donors (Lipinski definition) is 0. The number of ether oxygens (including phenoxy) is 2. The van der Waals surface area contributed by atoms with E-state index in [1.54, 1.807) is 12.1 Å². The maximum Gasteiger partial charge on any atom is 0.387 e. The first-order valence-corrected chi connectivity index (χ1v) is 11.4. The minimum Gasteiger partial charge on any atom is -0.434 e. The van der Waals surface area contributed by atoms with Gasteiger partial charge in [-0.1, -0.05) is 24.3 Å². The van der Waals surface area contributed by atoms with Gasteiger partial charge >= 0.3 is 6.61 Å². The van der Waals surface area contributed by atoms with Gasteiger partial charge in [0.25, 0.3) is 0 Å². The van der Waals surface area contributed by atoms with Crippen molar-refractivity contribution in [3.8, 4) is 16.9 Å². The smallest absolute Gasteiger partial charge is 0.387 e. The molecular formula is C25H23F2N5O2. The molecule has 0 saturated carbocycles. The molecule has 4 aromatic rings. The van der Waals surface area contributed by atoms with Crippen molar-refractivity contribution in [2.75, 3.05) is 31.2 Å². The van der Waals surface area contributed by atoms with E-state index < -0.39 is 6.61 Å². The fraction of sp³-hybridized carbons (Fsp3) is 0.320. The lowest BCUT2D eigenvalue weighted by atomic mass is 10.0. The van der Waals surface area contributed by atoms with E-state index in [0.29, 0.717) is 19.2 Å². The number of anilines is 1. The summed E-state index contributed by atoms with van der Waals surface area (Å²) >= 11 is 0. The molecule has 9 heteroatoms. The van der Waals surface area contributed by atoms with Gasteiger partial charge in [-0.3, -0.25) is 0 Å². The Bertz CT molecular complexity index is 1320. The summed E-state index contributed by atoms with van der Waals surface area (Å²) in [6.07, 6.45) is 5.23. The van der Waals surface area contributed by atoms with Gasteiger partial charge in [-0.25, -0.2) is 15.0 Å².